The van der Waals surface area contributed by atoms with Crippen LogP contribution >= 0.6 is 23.2 Å². The van der Waals surface area contributed by atoms with E-state index in [1.165, 1.54) is 14.2 Å². The zero-order chi connectivity index (χ0) is 47.7. The largest absolute Gasteiger partial charge is 0.497 e. The molecule has 0 saturated heterocycles. The number of ether oxygens (including phenoxy) is 2. The van der Waals surface area contributed by atoms with Crippen LogP contribution in [0.4, 0.5) is 49.4 Å². The molecule has 0 fully saturated rings. The molecule has 6 rings (SSSR count). The Morgan fingerprint density at radius 1 is 0.609 bits per heavy atom. The van der Waals surface area contributed by atoms with Crippen LogP contribution in [0.3, 0.4) is 0 Å². The molecule has 0 aliphatic carbocycles. The minimum absolute atomic E-state index is 0.183. The van der Waals surface area contributed by atoms with Gasteiger partial charge >= 0.3 is 12.4 Å². The highest BCUT2D eigenvalue weighted by Gasteiger charge is 2.37. The molecule has 0 unspecified atom stereocenters. The number of nitrogens with zero attached hydrogens (tertiary/aromatic N) is 8. The van der Waals surface area contributed by atoms with Crippen molar-refractivity contribution in [1.29, 1.82) is 0 Å². The maximum Gasteiger partial charge on any atom is 0.408 e. The summed E-state index contributed by atoms with van der Waals surface area (Å²) in [6, 6.07) is 16.7. The van der Waals surface area contributed by atoms with E-state index in [9.17, 15) is 63.4 Å². The summed E-state index contributed by atoms with van der Waals surface area (Å²) in [7, 11) is -5.27. The maximum absolute atomic E-state index is 13.2. The normalized spacial score (nSPS) is 12.2. The average molecular weight is 986 g/mol. The predicted octanol–water partition coefficient (Wildman–Crippen LogP) is 8.27. The van der Waals surface area contributed by atoms with Crippen molar-refractivity contribution in [2.75, 3.05) is 35.3 Å². The second-order valence-corrected chi connectivity index (χ2v) is 18.2. The van der Waals surface area contributed by atoms with Gasteiger partial charge in [0.25, 0.3) is 11.4 Å². The lowest BCUT2D eigenvalue weighted by Crippen LogP contribution is -2.30. The van der Waals surface area contributed by atoms with E-state index in [0.29, 0.717) is 32.0 Å². The first-order valence-corrected chi connectivity index (χ1v) is 22.1. The first kappa shape index (κ1) is 48.9. The molecule has 0 radical (unpaired) electrons. The molecule has 0 bridgehead atoms. The molecule has 18 nitrogen and oxygen atoms in total. The topological polar surface area (TPSA) is 215 Å². The second-order valence-electron chi connectivity index (χ2n) is 13.5. The van der Waals surface area contributed by atoms with Crippen molar-refractivity contribution in [3.63, 3.8) is 0 Å². The van der Waals surface area contributed by atoms with E-state index in [0.717, 1.165) is 45.4 Å². The summed E-state index contributed by atoms with van der Waals surface area (Å²) in [4.78, 5) is 21.2. The highest BCUT2D eigenvalue weighted by Crippen LogP contribution is 2.42. The Morgan fingerprint density at radius 2 is 0.922 bits per heavy atom. The minimum atomic E-state index is -4.78. The van der Waals surface area contributed by atoms with Crippen molar-refractivity contribution >= 4 is 88.1 Å². The quantitative estimate of drug-likeness (QED) is 0.0573. The smallest absolute Gasteiger partial charge is 0.408 e. The van der Waals surface area contributed by atoms with E-state index in [1.54, 1.807) is 48.5 Å². The van der Waals surface area contributed by atoms with Gasteiger partial charge in [-0.2, -0.15) is 36.5 Å². The van der Waals surface area contributed by atoms with E-state index in [1.807, 2.05) is 0 Å². The lowest BCUT2D eigenvalue weighted by molar-refractivity contribution is -0.383. The van der Waals surface area contributed by atoms with Crippen LogP contribution in [-0.2, 0) is 46.2 Å². The zero-order valence-corrected chi connectivity index (χ0v) is 36.4. The van der Waals surface area contributed by atoms with Crippen molar-refractivity contribution < 1.29 is 62.5 Å². The summed E-state index contributed by atoms with van der Waals surface area (Å²) >= 11 is 12.3. The standard InChI is InChI=1S/2C18H16ClF3N4O5S/c2*1-31-12-5-3-11(4-6-12)9-25(32(2,29)30)17-15-13(19)7-8-14(26(27)28)16(15)24(23-17)10-18(20,21)22/h2*3-8H,9-10H2,1-2H3. The van der Waals surface area contributed by atoms with Crippen LogP contribution in [0.1, 0.15) is 11.1 Å². The highest BCUT2D eigenvalue weighted by atomic mass is 35.5. The molecular weight excluding hydrogens is 953 g/mol. The zero-order valence-electron chi connectivity index (χ0n) is 33.3. The molecule has 0 aliphatic heterocycles. The summed E-state index contributed by atoms with van der Waals surface area (Å²) < 4.78 is 142. The molecule has 0 saturated carbocycles. The van der Waals surface area contributed by atoms with Gasteiger partial charge < -0.3 is 9.47 Å². The van der Waals surface area contributed by atoms with Crippen LogP contribution in [0.5, 0.6) is 11.5 Å². The maximum atomic E-state index is 13.2. The summed E-state index contributed by atoms with van der Waals surface area (Å²) in [6.45, 7) is -3.96. The molecule has 0 atom stereocenters. The molecule has 0 N–H and O–H groups in total. The van der Waals surface area contributed by atoms with Crippen molar-refractivity contribution in [1.82, 2.24) is 19.6 Å². The van der Waals surface area contributed by atoms with Gasteiger partial charge in [-0.15, -0.1) is 0 Å². The molecule has 0 aliphatic rings. The van der Waals surface area contributed by atoms with Crippen molar-refractivity contribution in [2.45, 2.75) is 38.5 Å². The van der Waals surface area contributed by atoms with Gasteiger partial charge in [-0.05, 0) is 47.5 Å². The van der Waals surface area contributed by atoms with Gasteiger partial charge in [0.05, 0.1) is 70.5 Å². The van der Waals surface area contributed by atoms with E-state index in [2.05, 4.69) is 10.2 Å². The number of nitro benzene ring substituents is 2. The van der Waals surface area contributed by atoms with E-state index in [-0.39, 0.29) is 33.9 Å². The number of anilines is 2. The van der Waals surface area contributed by atoms with E-state index < -0.39 is 89.4 Å². The first-order valence-electron chi connectivity index (χ1n) is 17.6. The van der Waals surface area contributed by atoms with Crippen LogP contribution in [0.25, 0.3) is 21.8 Å². The predicted molar refractivity (Wildman–Crippen MR) is 223 cm³/mol. The minimum Gasteiger partial charge on any atom is -0.497 e. The number of fused-ring (bicyclic) bond motifs is 2. The third-order valence-corrected chi connectivity index (χ3v) is 11.7. The molecule has 0 amide bonds. The number of hydrogen-bond acceptors (Lipinski definition) is 12. The Bertz CT molecular complexity index is 2750. The third-order valence-electron chi connectivity index (χ3n) is 8.90. The number of halogens is 8. The van der Waals surface area contributed by atoms with Gasteiger partial charge in [0.1, 0.15) is 35.6 Å². The Balaban J connectivity index is 0.000000241. The Labute approximate surface area is 368 Å². The number of benzene rings is 4. The lowest BCUT2D eigenvalue weighted by Gasteiger charge is -2.20. The lowest BCUT2D eigenvalue weighted by atomic mass is 10.2. The average Bonchev–Trinajstić information content (AvgIpc) is 3.73. The van der Waals surface area contributed by atoms with E-state index in [4.69, 9.17) is 32.7 Å². The van der Waals surface area contributed by atoms with Crippen molar-refractivity contribution in [2.24, 2.45) is 0 Å². The van der Waals surface area contributed by atoms with Crippen LogP contribution in [0, 0.1) is 20.2 Å². The van der Waals surface area contributed by atoms with Gasteiger partial charge in [0.15, 0.2) is 11.6 Å². The Kier molecular flexibility index (Phi) is 14.2. The molecule has 2 heterocycles. The van der Waals surface area contributed by atoms with E-state index >= 15 is 0 Å². The number of methoxy groups -OCH3 is 2. The van der Waals surface area contributed by atoms with Gasteiger partial charge in [-0.3, -0.25) is 20.2 Å². The fraction of sp³-hybridized carbons (Fsp3) is 0.278. The molecule has 6 aromatic rings. The van der Waals surface area contributed by atoms with Crippen molar-refractivity contribution in [3.8, 4) is 11.5 Å². The summed E-state index contributed by atoms with van der Waals surface area (Å²) in [6.07, 6.45) is -7.87. The highest BCUT2D eigenvalue weighted by molar-refractivity contribution is 7.92. The van der Waals surface area contributed by atoms with Crippen LogP contribution in [0.15, 0.2) is 72.8 Å². The number of hydrogen-bond donors (Lipinski definition) is 0. The molecular formula is C36H32Cl2F6N8O10S2. The van der Waals surface area contributed by atoms with Gasteiger partial charge in [-0.1, -0.05) is 47.5 Å². The van der Waals surface area contributed by atoms with Crippen molar-refractivity contribution in [3.05, 3.63) is 114 Å². The number of sulfonamides is 2. The summed E-state index contributed by atoms with van der Waals surface area (Å²) in [5, 5.41) is 29.6. The number of non-ortho nitro benzene ring substituents is 2. The Hall–Kier alpha value is -6.12. The number of rotatable bonds is 14. The molecule has 28 heteroatoms. The molecule has 4 aromatic carbocycles. The molecule has 0 spiro atoms. The fourth-order valence-electron chi connectivity index (χ4n) is 6.19. The Morgan fingerprint density at radius 3 is 1.17 bits per heavy atom. The molecule has 2 aromatic heterocycles. The number of alkyl halides is 6. The van der Waals surface area contributed by atoms with Gasteiger partial charge in [-0.25, -0.2) is 34.8 Å². The third kappa shape index (κ3) is 11.3. The van der Waals surface area contributed by atoms with Gasteiger partial charge in [0, 0.05) is 12.1 Å². The number of aromatic nitrogens is 4. The fourth-order valence-corrected chi connectivity index (χ4v) is 8.32. The van der Waals surface area contributed by atoms with Crippen LogP contribution < -0.4 is 18.1 Å². The van der Waals surface area contributed by atoms with Crippen LogP contribution in [0.2, 0.25) is 10.0 Å². The number of nitro groups is 2. The molecule has 64 heavy (non-hydrogen) atoms. The first-order chi connectivity index (χ1) is 29.6. The summed E-state index contributed by atoms with van der Waals surface area (Å²) in [5.74, 6) is 0.129. The second kappa shape index (κ2) is 18.5. The monoisotopic (exact) mass is 984 g/mol. The SMILES string of the molecule is COc1ccc(CN(c2nn(CC(F)(F)F)c3c([N+](=O)[O-])ccc(Cl)c23)S(C)(=O)=O)cc1.COc1ccc(CN(c2nn(CC(F)(F)F)c3c([N+](=O)[O-])ccc(Cl)c23)S(C)(=O)=O)cc1. The van der Waals surface area contributed by atoms with Gasteiger partial charge in [0.2, 0.25) is 20.0 Å². The summed E-state index contributed by atoms with van der Waals surface area (Å²) in [5.41, 5.74) is -1.50. The molecule has 344 valence electrons. The van der Waals surface area contributed by atoms with Crippen LogP contribution in [-0.4, -0.2) is 85.3 Å².